The number of thiazole rings is 1. The predicted molar refractivity (Wildman–Crippen MR) is 99.8 cm³/mol. The summed E-state index contributed by atoms with van der Waals surface area (Å²) in [5.74, 6) is 0.832. The number of hydrogen-bond acceptors (Lipinski definition) is 6. The van der Waals surface area contributed by atoms with E-state index in [9.17, 15) is 4.79 Å². The molecule has 2 amide bonds. The first kappa shape index (κ1) is 17.8. The molecule has 0 aliphatic carbocycles. The number of fused-ring (bicyclic) bond motifs is 1. The fourth-order valence-corrected chi connectivity index (χ4v) is 3.83. The fourth-order valence-electron chi connectivity index (χ4n) is 2.79. The van der Waals surface area contributed by atoms with Crippen LogP contribution >= 0.6 is 11.3 Å². The lowest BCUT2D eigenvalue weighted by Crippen LogP contribution is -2.52. The number of urea groups is 1. The van der Waals surface area contributed by atoms with Gasteiger partial charge in [-0.3, -0.25) is 0 Å². The van der Waals surface area contributed by atoms with Crippen molar-refractivity contribution in [2.75, 3.05) is 57.9 Å². The van der Waals surface area contributed by atoms with E-state index in [0.717, 1.165) is 34.2 Å². The molecule has 136 valence electrons. The zero-order valence-corrected chi connectivity index (χ0v) is 15.5. The van der Waals surface area contributed by atoms with Crippen LogP contribution < -0.4 is 15.0 Å². The smallest absolute Gasteiger partial charge is 0.317 e. The van der Waals surface area contributed by atoms with Crippen molar-refractivity contribution in [2.45, 2.75) is 6.92 Å². The van der Waals surface area contributed by atoms with E-state index in [0.29, 0.717) is 32.8 Å². The van der Waals surface area contributed by atoms with Crippen LogP contribution in [0.5, 0.6) is 5.75 Å². The van der Waals surface area contributed by atoms with Gasteiger partial charge in [0.05, 0.1) is 17.9 Å². The number of piperazine rings is 1. The van der Waals surface area contributed by atoms with Crippen molar-refractivity contribution in [1.29, 1.82) is 0 Å². The van der Waals surface area contributed by atoms with E-state index in [1.807, 2.05) is 24.0 Å². The molecular formula is C17H24N4O3S. The van der Waals surface area contributed by atoms with Crippen molar-refractivity contribution in [3.63, 3.8) is 0 Å². The number of rotatable bonds is 6. The number of benzene rings is 1. The SMILES string of the molecule is CCOc1cccc2sc(N3CCN(C(=O)NCCOC)CC3)nc12. The van der Waals surface area contributed by atoms with Crippen molar-refractivity contribution in [3.05, 3.63) is 18.2 Å². The van der Waals surface area contributed by atoms with E-state index in [2.05, 4.69) is 16.3 Å². The zero-order chi connectivity index (χ0) is 17.6. The third-order valence-electron chi connectivity index (χ3n) is 4.09. The van der Waals surface area contributed by atoms with Crippen LogP contribution in [0, 0.1) is 0 Å². The molecule has 8 heteroatoms. The first-order valence-corrected chi connectivity index (χ1v) is 9.33. The molecule has 25 heavy (non-hydrogen) atoms. The third-order valence-corrected chi connectivity index (χ3v) is 5.17. The van der Waals surface area contributed by atoms with Crippen molar-refractivity contribution in [3.8, 4) is 5.75 Å². The molecule has 0 atom stereocenters. The second kappa shape index (κ2) is 8.35. The molecule has 1 saturated heterocycles. The van der Waals surface area contributed by atoms with Gasteiger partial charge in [-0.25, -0.2) is 9.78 Å². The normalized spacial score (nSPS) is 14.8. The van der Waals surface area contributed by atoms with Gasteiger partial charge in [0.2, 0.25) is 0 Å². The minimum Gasteiger partial charge on any atom is -0.492 e. The van der Waals surface area contributed by atoms with Gasteiger partial charge in [-0.05, 0) is 19.1 Å². The Morgan fingerprint density at radius 3 is 2.84 bits per heavy atom. The van der Waals surface area contributed by atoms with Crippen LogP contribution in [0.25, 0.3) is 10.2 Å². The van der Waals surface area contributed by atoms with E-state index >= 15 is 0 Å². The Morgan fingerprint density at radius 1 is 1.32 bits per heavy atom. The van der Waals surface area contributed by atoms with Gasteiger partial charge in [-0.15, -0.1) is 0 Å². The molecule has 2 aromatic rings. The zero-order valence-electron chi connectivity index (χ0n) is 14.7. The van der Waals surface area contributed by atoms with Gasteiger partial charge in [-0.2, -0.15) is 0 Å². The number of para-hydroxylation sites is 1. The van der Waals surface area contributed by atoms with Crippen LogP contribution in [0.4, 0.5) is 9.93 Å². The number of hydrogen-bond donors (Lipinski definition) is 1. The van der Waals surface area contributed by atoms with Crippen LogP contribution in [0.3, 0.4) is 0 Å². The lowest BCUT2D eigenvalue weighted by Gasteiger charge is -2.34. The van der Waals surface area contributed by atoms with Gasteiger partial charge >= 0.3 is 6.03 Å². The molecule has 1 aliphatic rings. The van der Waals surface area contributed by atoms with Crippen molar-refractivity contribution < 1.29 is 14.3 Å². The van der Waals surface area contributed by atoms with E-state index in [-0.39, 0.29) is 6.03 Å². The highest BCUT2D eigenvalue weighted by Gasteiger charge is 2.23. The standard InChI is InChI=1S/C17H24N4O3S/c1-3-24-13-5-4-6-14-15(13)19-17(25-14)21-10-8-20(9-11-21)16(22)18-7-12-23-2/h4-6H,3,7-12H2,1-2H3,(H,18,22). The van der Waals surface area contributed by atoms with Gasteiger partial charge in [0, 0.05) is 39.8 Å². The monoisotopic (exact) mass is 364 g/mol. The first-order valence-electron chi connectivity index (χ1n) is 8.52. The van der Waals surface area contributed by atoms with Gasteiger partial charge < -0.3 is 24.6 Å². The van der Waals surface area contributed by atoms with Crippen molar-refractivity contribution in [1.82, 2.24) is 15.2 Å². The van der Waals surface area contributed by atoms with Crippen molar-refractivity contribution >= 4 is 32.7 Å². The average Bonchev–Trinajstić information content (AvgIpc) is 3.07. The van der Waals surface area contributed by atoms with Crippen LogP contribution in [-0.2, 0) is 4.74 Å². The van der Waals surface area contributed by atoms with E-state index < -0.39 is 0 Å². The number of aromatic nitrogens is 1. The number of amides is 2. The molecule has 1 N–H and O–H groups in total. The Labute approximate surface area is 151 Å². The molecular weight excluding hydrogens is 340 g/mol. The summed E-state index contributed by atoms with van der Waals surface area (Å²) in [6, 6.07) is 5.99. The molecule has 1 aromatic carbocycles. The summed E-state index contributed by atoms with van der Waals surface area (Å²) < 4.78 is 11.7. The van der Waals surface area contributed by atoms with Gasteiger partial charge in [-0.1, -0.05) is 17.4 Å². The summed E-state index contributed by atoms with van der Waals surface area (Å²) in [6.45, 7) is 6.60. The topological polar surface area (TPSA) is 66.9 Å². The highest BCUT2D eigenvalue weighted by Crippen LogP contribution is 2.34. The van der Waals surface area contributed by atoms with Gasteiger partial charge in [0.15, 0.2) is 5.13 Å². The Balaban J connectivity index is 1.62. The molecule has 3 rings (SSSR count). The summed E-state index contributed by atoms with van der Waals surface area (Å²) in [5.41, 5.74) is 0.920. The van der Waals surface area contributed by atoms with Gasteiger partial charge in [0.1, 0.15) is 11.3 Å². The number of carbonyl (C=O) groups excluding carboxylic acids is 1. The summed E-state index contributed by atoms with van der Waals surface area (Å²) in [6.07, 6.45) is 0. The quantitative estimate of drug-likeness (QED) is 0.796. The molecule has 0 radical (unpaired) electrons. The summed E-state index contributed by atoms with van der Waals surface area (Å²) in [7, 11) is 1.62. The second-order valence-corrected chi connectivity index (χ2v) is 6.74. The van der Waals surface area contributed by atoms with Crippen molar-refractivity contribution in [2.24, 2.45) is 0 Å². The maximum absolute atomic E-state index is 12.1. The van der Waals surface area contributed by atoms with Crippen LogP contribution in [0.1, 0.15) is 6.92 Å². The Morgan fingerprint density at radius 2 is 2.12 bits per heavy atom. The summed E-state index contributed by atoms with van der Waals surface area (Å²) in [5, 5.41) is 3.85. The molecule has 7 nitrogen and oxygen atoms in total. The second-order valence-electron chi connectivity index (χ2n) is 5.73. The minimum atomic E-state index is -0.0281. The molecule has 0 bridgehead atoms. The number of carbonyl (C=O) groups is 1. The predicted octanol–water partition coefficient (Wildman–Crippen LogP) is 2.17. The highest BCUT2D eigenvalue weighted by molar-refractivity contribution is 7.22. The summed E-state index contributed by atoms with van der Waals surface area (Å²) in [4.78, 5) is 20.9. The maximum atomic E-state index is 12.1. The number of methoxy groups -OCH3 is 1. The van der Waals surface area contributed by atoms with Gasteiger partial charge in [0.25, 0.3) is 0 Å². The molecule has 1 aliphatic heterocycles. The van der Waals surface area contributed by atoms with E-state index in [1.165, 1.54) is 0 Å². The largest absolute Gasteiger partial charge is 0.492 e. The third kappa shape index (κ3) is 4.13. The summed E-state index contributed by atoms with van der Waals surface area (Å²) >= 11 is 1.67. The van der Waals surface area contributed by atoms with Crippen LogP contribution in [-0.4, -0.2) is 69.0 Å². The number of nitrogens with zero attached hydrogens (tertiary/aromatic N) is 3. The molecule has 1 aromatic heterocycles. The van der Waals surface area contributed by atoms with E-state index in [1.54, 1.807) is 18.4 Å². The maximum Gasteiger partial charge on any atom is 0.317 e. The molecule has 2 heterocycles. The molecule has 0 unspecified atom stereocenters. The minimum absolute atomic E-state index is 0.0281. The van der Waals surface area contributed by atoms with Crippen LogP contribution in [0.2, 0.25) is 0 Å². The Kier molecular flexibility index (Phi) is 5.93. The lowest BCUT2D eigenvalue weighted by atomic mass is 10.3. The lowest BCUT2D eigenvalue weighted by molar-refractivity contribution is 0.177. The fraction of sp³-hybridized carbons (Fsp3) is 0.529. The molecule has 0 saturated carbocycles. The first-order chi connectivity index (χ1) is 12.2. The highest BCUT2D eigenvalue weighted by atomic mass is 32.1. The van der Waals surface area contributed by atoms with E-state index in [4.69, 9.17) is 14.5 Å². The Bertz CT molecular complexity index is 713. The number of ether oxygens (including phenoxy) is 2. The number of nitrogens with one attached hydrogen (secondary N) is 1. The average molecular weight is 364 g/mol. The van der Waals surface area contributed by atoms with Crippen LogP contribution in [0.15, 0.2) is 18.2 Å². The molecule has 1 fully saturated rings. The Hall–Kier alpha value is -2.06. The molecule has 0 spiro atoms. The number of anilines is 1.